The summed E-state index contributed by atoms with van der Waals surface area (Å²) in [5.74, 6) is 0.139. The van der Waals surface area contributed by atoms with E-state index in [1.807, 2.05) is 48.9 Å². The van der Waals surface area contributed by atoms with E-state index < -0.39 is 11.2 Å². The molecule has 3 aromatic heterocycles. The lowest BCUT2D eigenvalue weighted by Crippen LogP contribution is -2.41. The third-order valence-corrected chi connectivity index (χ3v) is 6.71. The molecule has 0 fully saturated rings. The Morgan fingerprint density at radius 2 is 1.77 bits per heavy atom. The monoisotopic (exact) mass is 518 g/mol. The maximum Gasteiger partial charge on any atom is 0.333 e. The molecular formula is C31H30N6O2. The van der Waals surface area contributed by atoms with Crippen LogP contribution in [0.25, 0.3) is 33.1 Å². The molecule has 1 N–H and O–H groups in total. The predicted octanol–water partition coefficient (Wildman–Crippen LogP) is 5.04. The molecule has 8 heteroatoms. The van der Waals surface area contributed by atoms with Crippen molar-refractivity contribution in [3.63, 3.8) is 0 Å². The van der Waals surface area contributed by atoms with Crippen molar-refractivity contribution in [2.45, 2.75) is 33.5 Å². The summed E-state index contributed by atoms with van der Waals surface area (Å²) in [5, 5.41) is 15.0. The van der Waals surface area contributed by atoms with Crippen LogP contribution in [0.4, 0.5) is 0 Å². The van der Waals surface area contributed by atoms with Crippen LogP contribution in [-0.4, -0.2) is 30.1 Å². The Bertz CT molecular complexity index is 1840. The van der Waals surface area contributed by atoms with E-state index in [9.17, 15) is 9.59 Å². The van der Waals surface area contributed by atoms with Crippen molar-refractivity contribution in [1.82, 2.24) is 23.9 Å². The zero-order valence-corrected chi connectivity index (χ0v) is 22.0. The summed E-state index contributed by atoms with van der Waals surface area (Å²) in [4.78, 5) is 32.0. The molecule has 8 nitrogen and oxygen atoms in total. The number of aromatic nitrogens is 5. The van der Waals surface area contributed by atoms with Gasteiger partial charge in [-0.2, -0.15) is 5.10 Å². The molecule has 2 aromatic carbocycles. The van der Waals surface area contributed by atoms with Crippen LogP contribution in [0.2, 0.25) is 0 Å². The topological polar surface area (TPSA) is 98.6 Å². The highest BCUT2D eigenvalue weighted by Gasteiger charge is 2.24. The van der Waals surface area contributed by atoms with Crippen LogP contribution in [-0.2, 0) is 19.6 Å². The second kappa shape index (κ2) is 10.9. The smallest absolute Gasteiger partial charge is 0.309 e. The van der Waals surface area contributed by atoms with Gasteiger partial charge in [-0.05, 0) is 46.0 Å². The average molecular weight is 519 g/mol. The van der Waals surface area contributed by atoms with Gasteiger partial charge in [-0.3, -0.25) is 23.6 Å². The maximum atomic E-state index is 14.1. The number of pyridine rings is 1. The fourth-order valence-electron chi connectivity index (χ4n) is 4.95. The van der Waals surface area contributed by atoms with Crippen LogP contribution in [0, 0.1) is 11.3 Å². The summed E-state index contributed by atoms with van der Waals surface area (Å²) in [6.45, 7) is 8.65. The summed E-state index contributed by atoms with van der Waals surface area (Å²) >= 11 is 0. The van der Waals surface area contributed by atoms with Crippen LogP contribution in [0.1, 0.15) is 19.4 Å². The summed E-state index contributed by atoms with van der Waals surface area (Å²) < 4.78 is 4.64. The maximum absolute atomic E-state index is 14.1. The van der Waals surface area contributed by atoms with Crippen molar-refractivity contribution in [3.8, 4) is 11.3 Å². The first-order chi connectivity index (χ1) is 18.9. The fraction of sp³-hybridized carbons (Fsp3) is 0.194. The summed E-state index contributed by atoms with van der Waals surface area (Å²) in [6, 6.07) is 18.0. The van der Waals surface area contributed by atoms with E-state index in [-0.39, 0.29) is 12.5 Å². The second-order valence-corrected chi connectivity index (χ2v) is 9.87. The first-order valence-electron chi connectivity index (χ1n) is 12.9. The second-order valence-electron chi connectivity index (χ2n) is 9.87. The number of hydrogen-bond donors (Lipinski definition) is 1. The SMILES string of the molecule is C=C/C(=C\C=N)Cn1c(=O)c2c(-c3ccncc3)n(Cc3cccc4ccccc34)nc2n(CC(C)C)c1=O. The molecule has 0 aliphatic carbocycles. The van der Waals surface area contributed by atoms with Gasteiger partial charge in [0.25, 0.3) is 5.56 Å². The van der Waals surface area contributed by atoms with E-state index in [0.717, 1.165) is 28.1 Å². The van der Waals surface area contributed by atoms with Crippen molar-refractivity contribution in [3.05, 3.63) is 118 Å². The lowest BCUT2D eigenvalue weighted by molar-refractivity contribution is 0.492. The number of hydrogen-bond acceptors (Lipinski definition) is 5. The Kier molecular flexibility index (Phi) is 7.19. The Balaban J connectivity index is 1.85. The molecule has 0 amide bonds. The van der Waals surface area contributed by atoms with Gasteiger partial charge in [-0.15, -0.1) is 0 Å². The van der Waals surface area contributed by atoms with Crippen LogP contribution < -0.4 is 11.2 Å². The highest BCUT2D eigenvalue weighted by Crippen LogP contribution is 2.28. The van der Waals surface area contributed by atoms with Crippen LogP contribution in [0.15, 0.2) is 101 Å². The Labute approximate surface area is 225 Å². The molecule has 5 rings (SSSR count). The van der Waals surface area contributed by atoms with Crippen molar-refractivity contribution >= 4 is 28.0 Å². The molecule has 0 atom stereocenters. The quantitative estimate of drug-likeness (QED) is 0.218. The lowest BCUT2D eigenvalue weighted by atomic mass is 10.0. The van der Waals surface area contributed by atoms with Gasteiger partial charge >= 0.3 is 5.69 Å². The Hall–Kier alpha value is -4.85. The highest BCUT2D eigenvalue weighted by atomic mass is 16.2. The van der Waals surface area contributed by atoms with E-state index in [2.05, 4.69) is 35.8 Å². The molecule has 0 aliphatic heterocycles. The van der Waals surface area contributed by atoms with Crippen molar-refractivity contribution in [2.24, 2.45) is 5.92 Å². The number of allylic oxidation sites excluding steroid dienone is 3. The van der Waals surface area contributed by atoms with Gasteiger partial charge in [0.1, 0.15) is 5.39 Å². The van der Waals surface area contributed by atoms with Crippen LogP contribution in [0.3, 0.4) is 0 Å². The number of benzene rings is 2. The standard InChI is InChI=1S/C31H30N6O2/c1-4-22(12-15-32)19-36-30(38)27-28(24-13-16-33-17-14-24)37(34-29(27)35(31(36)39)18-21(2)3)20-25-10-7-9-23-8-5-6-11-26(23)25/h4-17,21,32H,1,18-20H2,2-3H3/b22-12+,32-15?. The zero-order valence-electron chi connectivity index (χ0n) is 22.0. The third kappa shape index (κ3) is 4.88. The number of fused-ring (bicyclic) bond motifs is 2. The van der Waals surface area contributed by atoms with Crippen molar-refractivity contribution in [1.29, 1.82) is 5.41 Å². The number of rotatable bonds is 9. The minimum absolute atomic E-state index is 0.00880. The van der Waals surface area contributed by atoms with Crippen LogP contribution >= 0.6 is 0 Å². The van der Waals surface area contributed by atoms with Crippen LogP contribution in [0.5, 0.6) is 0 Å². The molecule has 5 aromatic rings. The minimum Gasteiger partial charge on any atom is -0.309 e. The molecule has 0 radical (unpaired) electrons. The Morgan fingerprint density at radius 1 is 1.03 bits per heavy atom. The highest BCUT2D eigenvalue weighted by molar-refractivity contribution is 5.91. The van der Waals surface area contributed by atoms with Gasteiger partial charge in [0.05, 0.1) is 18.8 Å². The molecule has 39 heavy (non-hydrogen) atoms. The van der Waals surface area contributed by atoms with E-state index in [1.54, 1.807) is 23.0 Å². The molecular weight excluding hydrogens is 488 g/mol. The molecule has 3 heterocycles. The van der Waals surface area contributed by atoms with E-state index in [0.29, 0.717) is 35.4 Å². The van der Waals surface area contributed by atoms with Gasteiger partial charge in [-0.1, -0.05) is 69.0 Å². The summed E-state index contributed by atoms with van der Waals surface area (Å²) in [6.07, 6.45) is 7.58. The van der Waals surface area contributed by atoms with E-state index in [1.165, 1.54) is 10.6 Å². The first kappa shape index (κ1) is 25.8. The van der Waals surface area contributed by atoms with Crippen molar-refractivity contribution < 1.29 is 0 Å². The third-order valence-electron chi connectivity index (χ3n) is 6.71. The lowest BCUT2D eigenvalue weighted by Gasteiger charge is -2.13. The predicted molar refractivity (Wildman–Crippen MR) is 156 cm³/mol. The van der Waals surface area contributed by atoms with Gasteiger partial charge in [-0.25, -0.2) is 4.79 Å². The molecule has 0 saturated carbocycles. The molecule has 0 unspecified atom stereocenters. The molecule has 0 bridgehead atoms. The molecule has 0 saturated heterocycles. The normalized spacial score (nSPS) is 11.9. The molecule has 196 valence electrons. The average Bonchev–Trinajstić information content (AvgIpc) is 3.32. The van der Waals surface area contributed by atoms with E-state index in [4.69, 9.17) is 10.5 Å². The summed E-state index contributed by atoms with van der Waals surface area (Å²) in [5.41, 5.74) is 2.56. The van der Waals surface area contributed by atoms with Gasteiger partial charge in [0.2, 0.25) is 0 Å². The minimum atomic E-state index is -0.435. The number of nitrogens with one attached hydrogen (secondary N) is 1. The van der Waals surface area contributed by atoms with Gasteiger partial charge in [0.15, 0.2) is 5.65 Å². The number of nitrogens with zero attached hydrogens (tertiary/aromatic N) is 5. The van der Waals surface area contributed by atoms with E-state index >= 15 is 0 Å². The zero-order chi connectivity index (χ0) is 27.5. The van der Waals surface area contributed by atoms with Gasteiger partial charge < -0.3 is 5.41 Å². The summed E-state index contributed by atoms with van der Waals surface area (Å²) in [7, 11) is 0. The van der Waals surface area contributed by atoms with Crippen molar-refractivity contribution in [2.75, 3.05) is 0 Å². The first-order valence-corrected chi connectivity index (χ1v) is 12.9. The molecule has 0 aliphatic rings. The fourth-order valence-corrected chi connectivity index (χ4v) is 4.95. The van der Waals surface area contributed by atoms with Gasteiger partial charge in [0, 0.05) is 30.7 Å². The largest absolute Gasteiger partial charge is 0.333 e. The Morgan fingerprint density at radius 3 is 2.49 bits per heavy atom. The molecule has 0 spiro atoms.